The number of carbonyl (C=O) groups excluding carboxylic acids is 2. The van der Waals surface area contributed by atoms with Gasteiger partial charge in [0.2, 0.25) is 0 Å². The van der Waals surface area contributed by atoms with Gasteiger partial charge in [0.25, 0.3) is 5.91 Å². The van der Waals surface area contributed by atoms with E-state index < -0.39 is 29.3 Å². The predicted molar refractivity (Wildman–Crippen MR) is 134 cm³/mol. The molecule has 5 nitrogen and oxygen atoms in total. The molecule has 0 saturated heterocycles. The van der Waals surface area contributed by atoms with Crippen LogP contribution in [0.4, 0.5) is 18.9 Å². The van der Waals surface area contributed by atoms with E-state index in [0.29, 0.717) is 41.3 Å². The molecule has 1 amide bonds. The summed E-state index contributed by atoms with van der Waals surface area (Å²) in [4.78, 5) is 26.7. The number of dihydropyridines is 1. The maximum Gasteiger partial charge on any atom is 0.254 e. The van der Waals surface area contributed by atoms with Crippen molar-refractivity contribution < 1.29 is 27.2 Å². The number of hydrogen-bond acceptors (Lipinski definition) is 4. The van der Waals surface area contributed by atoms with Gasteiger partial charge in [-0.2, -0.15) is 0 Å². The Morgan fingerprint density at radius 1 is 1.05 bits per heavy atom. The number of hydrogen-bond donors (Lipinski definition) is 2. The summed E-state index contributed by atoms with van der Waals surface area (Å²) in [6.45, 7) is 1.71. The number of furan rings is 1. The Hall–Kier alpha value is -3.49. The van der Waals surface area contributed by atoms with Crippen LogP contribution in [0.3, 0.4) is 0 Å². The van der Waals surface area contributed by atoms with E-state index in [2.05, 4.69) is 10.6 Å². The summed E-state index contributed by atoms with van der Waals surface area (Å²) in [7, 11) is 0. The highest BCUT2D eigenvalue weighted by Gasteiger charge is 2.40. The number of nitrogens with one attached hydrogen (secondary N) is 2. The molecule has 0 bridgehead atoms. The second-order valence-electron chi connectivity index (χ2n) is 8.80. The van der Waals surface area contributed by atoms with E-state index in [4.69, 9.17) is 27.6 Å². The van der Waals surface area contributed by atoms with E-state index in [1.165, 1.54) is 18.2 Å². The van der Waals surface area contributed by atoms with Crippen LogP contribution in [0.15, 0.2) is 69.4 Å². The topological polar surface area (TPSA) is 71.3 Å². The first kappa shape index (κ1) is 25.2. The lowest BCUT2D eigenvalue weighted by Crippen LogP contribution is -2.35. The van der Waals surface area contributed by atoms with Crippen molar-refractivity contribution in [2.24, 2.45) is 0 Å². The van der Waals surface area contributed by atoms with Gasteiger partial charge in [0.15, 0.2) is 23.2 Å². The molecule has 5 rings (SSSR count). The van der Waals surface area contributed by atoms with Crippen molar-refractivity contribution in [2.75, 3.05) is 5.32 Å². The van der Waals surface area contributed by atoms with Crippen LogP contribution < -0.4 is 10.6 Å². The number of allylic oxidation sites excluding steroid dienone is 3. The van der Waals surface area contributed by atoms with Gasteiger partial charge in [0, 0.05) is 34.0 Å². The Balaban J connectivity index is 1.59. The third kappa shape index (κ3) is 4.67. The molecule has 0 spiro atoms. The summed E-state index contributed by atoms with van der Waals surface area (Å²) in [6, 6.07) is 9.24. The first-order valence-corrected chi connectivity index (χ1v) is 12.1. The highest BCUT2D eigenvalue weighted by atomic mass is 35.5. The lowest BCUT2D eigenvalue weighted by atomic mass is 9.77. The molecular formula is C27H19Cl2F3N2O3. The monoisotopic (exact) mass is 546 g/mol. The minimum atomic E-state index is -1.59. The maximum atomic E-state index is 13.8. The number of ketones is 1. The number of Topliss-reactive ketones (excluding diaryl/α,β-unsaturated/α-hetero) is 1. The van der Waals surface area contributed by atoms with Gasteiger partial charge in [-0.3, -0.25) is 9.59 Å². The van der Waals surface area contributed by atoms with Crippen LogP contribution >= 0.6 is 23.2 Å². The van der Waals surface area contributed by atoms with Crippen LogP contribution in [0, 0.1) is 17.5 Å². The van der Waals surface area contributed by atoms with Gasteiger partial charge in [-0.05, 0) is 62.2 Å². The lowest BCUT2D eigenvalue weighted by molar-refractivity contribution is -0.116. The van der Waals surface area contributed by atoms with Crippen LogP contribution in [0.25, 0.3) is 11.3 Å². The molecule has 10 heteroatoms. The standard InChI is InChI=1S/C27H19Cl2F3N2O3/c1-12-23(27(36)34-19-11-14(28)5-6-15(19)29)25(24-18(33-12)3-2-4-20(24)35)22-8-7-21(37-22)13-9-16(30)26(32)17(31)10-13/h5-11,25,33H,2-4H2,1H3,(H,34,36). The fraction of sp³-hybridized carbons (Fsp3) is 0.185. The van der Waals surface area contributed by atoms with E-state index >= 15 is 0 Å². The number of halogens is 5. The van der Waals surface area contributed by atoms with Crippen molar-refractivity contribution in [3.63, 3.8) is 0 Å². The molecule has 190 valence electrons. The molecule has 1 aliphatic carbocycles. The van der Waals surface area contributed by atoms with Gasteiger partial charge in [-0.1, -0.05) is 23.2 Å². The largest absolute Gasteiger partial charge is 0.460 e. The smallest absolute Gasteiger partial charge is 0.254 e. The molecule has 2 aliphatic rings. The average molecular weight is 547 g/mol. The quantitative estimate of drug-likeness (QED) is 0.337. The van der Waals surface area contributed by atoms with Crippen LogP contribution in [-0.2, 0) is 9.59 Å². The zero-order chi connectivity index (χ0) is 26.4. The van der Waals surface area contributed by atoms with Crippen LogP contribution in [0.2, 0.25) is 10.0 Å². The zero-order valence-corrected chi connectivity index (χ0v) is 20.9. The molecule has 1 aliphatic heterocycles. The average Bonchev–Trinajstić information content (AvgIpc) is 3.34. The molecule has 2 heterocycles. The normalized spacial score (nSPS) is 17.6. The Bertz CT molecular complexity index is 1500. The van der Waals surface area contributed by atoms with Gasteiger partial charge >= 0.3 is 0 Å². The molecule has 2 aromatic carbocycles. The van der Waals surface area contributed by atoms with Gasteiger partial charge in [0.05, 0.1) is 22.2 Å². The Morgan fingerprint density at radius 2 is 1.78 bits per heavy atom. The summed E-state index contributed by atoms with van der Waals surface area (Å²) in [5.41, 5.74) is 2.04. The van der Waals surface area contributed by atoms with E-state index in [-0.39, 0.29) is 39.2 Å². The van der Waals surface area contributed by atoms with Crippen molar-refractivity contribution in [2.45, 2.75) is 32.1 Å². The minimum Gasteiger partial charge on any atom is -0.460 e. The number of benzene rings is 2. The molecule has 37 heavy (non-hydrogen) atoms. The molecule has 0 saturated carbocycles. The Kier molecular flexibility index (Phi) is 6.64. The number of anilines is 1. The van der Waals surface area contributed by atoms with E-state index in [9.17, 15) is 22.8 Å². The SMILES string of the molecule is CC1=C(C(=O)Nc2cc(Cl)ccc2Cl)C(c2ccc(-c3cc(F)c(F)c(F)c3)o2)C2=C(CCCC2=O)N1. The second-order valence-corrected chi connectivity index (χ2v) is 9.64. The van der Waals surface area contributed by atoms with Gasteiger partial charge in [0.1, 0.15) is 11.5 Å². The van der Waals surface area contributed by atoms with E-state index in [1.807, 2.05) is 0 Å². The van der Waals surface area contributed by atoms with E-state index in [0.717, 1.165) is 12.1 Å². The minimum absolute atomic E-state index is 0.0295. The highest BCUT2D eigenvalue weighted by Crippen LogP contribution is 2.44. The third-order valence-corrected chi connectivity index (χ3v) is 6.94. The molecule has 1 unspecified atom stereocenters. The van der Waals surface area contributed by atoms with Crippen molar-refractivity contribution in [1.82, 2.24) is 5.32 Å². The summed E-state index contributed by atoms with van der Waals surface area (Å²) in [6.07, 6.45) is 1.56. The summed E-state index contributed by atoms with van der Waals surface area (Å²) < 4.78 is 47.1. The second kappa shape index (κ2) is 9.76. The van der Waals surface area contributed by atoms with Gasteiger partial charge in [-0.15, -0.1) is 0 Å². The van der Waals surface area contributed by atoms with Crippen molar-refractivity contribution >= 4 is 40.6 Å². The Labute approximate surface area is 219 Å². The van der Waals surface area contributed by atoms with E-state index in [1.54, 1.807) is 19.1 Å². The molecular weight excluding hydrogens is 528 g/mol. The van der Waals surface area contributed by atoms with Gasteiger partial charge in [-0.25, -0.2) is 13.2 Å². The zero-order valence-electron chi connectivity index (χ0n) is 19.4. The fourth-order valence-electron chi connectivity index (χ4n) is 4.71. The lowest BCUT2D eigenvalue weighted by Gasteiger charge is -2.33. The molecule has 0 radical (unpaired) electrons. The first-order chi connectivity index (χ1) is 17.6. The molecule has 3 aromatic rings. The Morgan fingerprint density at radius 3 is 2.51 bits per heavy atom. The summed E-state index contributed by atoms with van der Waals surface area (Å²) in [5, 5.41) is 6.57. The van der Waals surface area contributed by atoms with Crippen LogP contribution in [-0.4, -0.2) is 11.7 Å². The maximum absolute atomic E-state index is 13.8. The van der Waals surface area contributed by atoms with Crippen LogP contribution in [0.5, 0.6) is 0 Å². The van der Waals surface area contributed by atoms with Crippen LogP contribution in [0.1, 0.15) is 37.9 Å². The van der Waals surface area contributed by atoms with Crippen molar-refractivity contribution in [1.29, 1.82) is 0 Å². The molecule has 1 atom stereocenters. The first-order valence-electron chi connectivity index (χ1n) is 11.4. The third-order valence-electron chi connectivity index (χ3n) is 6.38. The number of rotatable bonds is 4. The van der Waals surface area contributed by atoms with Crippen molar-refractivity contribution in [3.05, 3.63) is 98.3 Å². The summed E-state index contributed by atoms with van der Waals surface area (Å²) >= 11 is 12.3. The number of amides is 1. The summed E-state index contributed by atoms with van der Waals surface area (Å²) in [5.74, 6) is -5.64. The van der Waals surface area contributed by atoms with Gasteiger partial charge < -0.3 is 15.1 Å². The highest BCUT2D eigenvalue weighted by molar-refractivity contribution is 6.36. The molecule has 2 N–H and O–H groups in total. The number of carbonyl (C=O) groups is 2. The predicted octanol–water partition coefficient (Wildman–Crippen LogP) is 7.28. The van der Waals surface area contributed by atoms with Crippen molar-refractivity contribution in [3.8, 4) is 11.3 Å². The molecule has 0 fully saturated rings. The molecule has 1 aromatic heterocycles. The fourth-order valence-corrected chi connectivity index (χ4v) is 5.05.